The number of allylic oxidation sites excluding steroid dienone is 3. The molecule has 0 aromatic rings. The van der Waals surface area contributed by atoms with Gasteiger partial charge in [-0.25, -0.2) is 0 Å². The quantitative estimate of drug-likeness (QED) is 0.0276. The van der Waals surface area contributed by atoms with Crippen molar-refractivity contribution in [2.45, 2.75) is 225 Å². The Kier molecular flexibility index (Phi) is 37.8. The lowest BCUT2D eigenvalue weighted by molar-refractivity contribution is -0.870. The number of quaternary nitrogens is 1. The van der Waals surface area contributed by atoms with Crippen LogP contribution < -0.4 is 10.2 Å². The molecule has 0 aliphatic rings. The normalized spacial score (nSPS) is 14.5. The number of hydrogen-bond acceptors (Lipinski definition) is 6. The lowest BCUT2D eigenvalue weighted by Crippen LogP contribution is -2.45. The predicted molar refractivity (Wildman–Crippen MR) is 233 cm³/mol. The fourth-order valence-corrected chi connectivity index (χ4v) is 7.40. The van der Waals surface area contributed by atoms with Gasteiger partial charge in [0.25, 0.3) is 7.82 Å². The monoisotopic (exact) mass is 799 g/mol. The zero-order valence-corrected chi connectivity index (χ0v) is 37.8. The number of amides is 1. The van der Waals surface area contributed by atoms with E-state index < -0.39 is 20.0 Å². The molecule has 0 spiro atoms. The Labute approximate surface area is 341 Å². The van der Waals surface area contributed by atoms with Crippen LogP contribution in [0, 0.1) is 0 Å². The number of phosphoric acid groups is 1. The van der Waals surface area contributed by atoms with E-state index in [0.29, 0.717) is 17.4 Å². The Morgan fingerprint density at radius 3 is 1.45 bits per heavy atom. The van der Waals surface area contributed by atoms with Crippen LogP contribution in [-0.2, 0) is 18.4 Å². The highest BCUT2D eigenvalue weighted by Gasteiger charge is 2.23. The lowest BCUT2D eigenvalue weighted by atomic mass is 10.0. The van der Waals surface area contributed by atoms with Gasteiger partial charge in [-0.2, -0.15) is 0 Å². The van der Waals surface area contributed by atoms with Gasteiger partial charge >= 0.3 is 0 Å². The number of unbranched alkanes of at least 4 members (excludes halogenated alkanes) is 27. The van der Waals surface area contributed by atoms with Gasteiger partial charge in [-0.05, 0) is 44.9 Å². The van der Waals surface area contributed by atoms with Crippen LogP contribution in [-0.4, -0.2) is 68.5 Å². The summed E-state index contributed by atoms with van der Waals surface area (Å²) in [7, 11) is 1.26. The lowest BCUT2D eigenvalue weighted by Gasteiger charge is -2.29. The Balaban J connectivity index is 4.34. The molecular formula is C46H91N2O6P. The molecule has 0 saturated carbocycles. The number of nitrogens with one attached hydrogen (secondary N) is 1. The maximum Gasteiger partial charge on any atom is 0.268 e. The number of likely N-dealkylation sites (N-methyl/N-ethyl adjacent to an activating group) is 1. The number of aliphatic hydroxyl groups excluding tert-OH is 1. The van der Waals surface area contributed by atoms with E-state index >= 15 is 0 Å². The van der Waals surface area contributed by atoms with Crippen LogP contribution in [0.15, 0.2) is 24.3 Å². The summed E-state index contributed by atoms with van der Waals surface area (Å²) in [5.41, 5.74) is 0. The van der Waals surface area contributed by atoms with Gasteiger partial charge in [0.15, 0.2) is 0 Å². The molecule has 9 heteroatoms. The summed E-state index contributed by atoms with van der Waals surface area (Å²) < 4.78 is 23.2. The van der Waals surface area contributed by atoms with Crippen molar-refractivity contribution in [3.63, 3.8) is 0 Å². The van der Waals surface area contributed by atoms with Gasteiger partial charge in [0.05, 0.1) is 39.9 Å². The molecule has 0 radical (unpaired) electrons. The largest absolute Gasteiger partial charge is 0.756 e. The minimum absolute atomic E-state index is 0.00154. The summed E-state index contributed by atoms with van der Waals surface area (Å²) >= 11 is 0. The van der Waals surface area contributed by atoms with Crippen molar-refractivity contribution >= 4 is 13.7 Å². The number of rotatable bonds is 42. The number of carbonyl (C=O) groups is 1. The number of nitrogens with zero attached hydrogens (tertiary/aromatic N) is 1. The average molecular weight is 799 g/mol. The molecule has 3 unspecified atom stereocenters. The SMILES string of the molecule is CCCCC/C=C\CCCCCCCC(=O)NC(COP(=O)([O-])OCC[N+](C)(C)C)C(O)/C=C/CCCCCCCCCCCCCCCCCCCCC. The van der Waals surface area contributed by atoms with E-state index in [4.69, 9.17) is 9.05 Å². The van der Waals surface area contributed by atoms with Crippen LogP contribution in [0.3, 0.4) is 0 Å². The van der Waals surface area contributed by atoms with Crippen molar-refractivity contribution in [1.29, 1.82) is 0 Å². The molecule has 55 heavy (non-hydrogen) atoms. The summed E-state index contributed by atoms with van der Waals surface area (Å²) in [5.74, 6) is -0.207. The Hall–Kier alpha value is -1.02. The number of carbonyl (C=O) groups excluding carboxylic acids is 1. The van der Waals surface area contributed by atoms with Gasteiger partial charge < -0.3 is 28.8 Å². The van der Waals surface area contributed by atoms with Crippen LogP contribution in [0.2, 0.25) is 0 Å². The Morgan fingerprint density at radius 2 is 1.00 bits per heavy atom. The predicted octanol–water partition coefficient (Wildman–Crippen LogP) is 12.3. The van der Waals surface area contributed by atoms with Crippen LogP contribution >= 0.6 is 7.82 Å². The topological polar surface area (TPSA) is 108 Å². The van der Waals surface area contributed by atoms with Crippen LogP contribution in [0.1, 0.15) is 213 Å². The second-order valence-corrected chi connectivity index (χ2v) is 18.5. The van der Waals surface area contributed by atoms with E-state index in [0.717, 1.165) is 51.4 Å². The number of aliphatic hydroxyl groups is 1. The molecule has 0 fully saturated rings. The molecule has 0 aliphatic heterocycles. The third-order valence-corrected chi connectivity index (χ3v) is 11.4. The summed E-state index contributed by atoms with van der Waals surface area (Å²) in [6, 6.07) is -0.887. The molecule has 326 valence electrons. The standard InChI is InChI=1S/C46H91N2O6P/c1-6-8-10-12-14-16-18-20-21-22-23-24-25-26-27-28-29-31-33-35-37-39-45(49)44(43-54-55(51,52)53-42-41-48(3,4)5)47-46(50)40-38-36-34-32-30-19-17-15-13-11-9-7-2/h15,17,37,39,44-45,49H,6-14,16,18-36,38,40-43H2,1-5H3,(H-,47,50,51,52)/b17-15-,39-37+. The zero-order valence-electron chi connectivity index (χ0n) is 36.9. The van der Waals surface area contributed by atoms with Crippen molar-refractivity contribution in [2.75, 3.05) is 40.9 Å². The Morgan fingerprint density at radius 1 is 0.618 bits per heavy atom. The first-order valence-electron chi connectivity index (χ1n) is 23.2. The number of hydrogen-bond donors (Lipinski definition) is 2. The van der Waals surface area contributed by atoms with E-state index in [-0.39, 0.29) is 19.1 Å². The molecule has 8 nitrogen and oxygen atoms in total. The van der Waals surface area contributed by atoms with Crippen LogP contribution in [0.4, 0.5) is 0 Å². The van der Waals surface area contributed by atoms with Gasteiger partial charge in [-0.1, -0.05) is 186 Å². The second-order valence-electron chi connectivity index (χ2n) is 17.1. The van der Waals surface area contributed by atoms with E-state index in [9.17, 15) is 19.4 Å². The zero-order chi connectivity index (χ0) is 40.7. The molecule has 0 bridgehead atoms. The third kappa shape index (κ3) is 41.0. The first kappa shape index (κ1) is 54.0. The first-order chi connectivity index (χ1) is 26.5. The summed E-state index contributed by atoms with van der Waals surface area (Å²) in [6.07, 6.45) is 45.1. The van der Waals surface area contributed by atoms with Gasteiger partial charge in [0, 0.05) is 6.42 Å². The molecular weight excluding hydrogens is 707 g/mol. The fraction of sp³-hybridized carbons (Fsp3) is 0.891. The van der Waals surface area contributed by atoms with Crippen LogP contribution in [0.25, 0.3) is 0 Å². The van der Waals surface area contributed by atoms with Crippen LogP contribution in [0.5, 0.6) is 0 Å². The molecule has 0 heterocycles. The maximum atomic E-state index is 12.8. The smallest absolute Gasteiger partial charge is 0.268 e. The van der Waals surface area contributed by atoms with Crippen molar-refractivity contribution in [1.82, 2.24) is 5.32 Å². The maximum absolute atomic E-state index is 12.8. The van der Waals surface area contributed by atoms with Gasteiger partial charge in [-0.3, -0.25) is 9.36 Å². The Bertz CT molecular complexity index is 953. The highest BCUT2D eigenvalue weighted by molar-refractivity contribution is 7.45. The molecule has 0 aromatic heterocycles. The average Bonchev–Trinajstić information content (AvgIpc) is 3.13. The van der Waals surface area contributed by atoms with Crippen molar-refractivity contribution in [3.8, 4) is 0 Å². The molecule has 0 aliphatic carbocycles. The van der Waals surface area contributed by atoms with E-state index in [2.05, 4.69) is 31.3 Å². The number of phosphoric ester groups is 1. The van der Waals surface area contributed by atoms with Gasteiger partial charge in [0.2, 0.25) is 5.91 Å². The van der Waals surface area contributed by atoms with Crippen molar-refractivity contribution in [2.24, 2.45) is 0 Å². The van der Waals surface area contributed by atoms with Crippen molar-refractivity contribution in [3.05, 3.63) is 24.3 Å². The van der Waals surface area contributed by atoms with E-state index in [1.165, 1.54) is 141 Å². The summed E-state index contributed by atoms with van der Waals surface area (Å²) in [6.45, 7) is 4.62. The molecule has 0 saturated heterocycles. The highest BCUT2D eigenvalue weighted by atomic mass is 31.2. The minimum atomic E-state index is -4.59. The molecule has 0 rings (SSSR count). The third-order valence-electron chi connectivity index (χ3n) is 10.4. The molecule has 1 amide bonds. The van der Waals surface area contributed by atoms with E-state index in [1.807, 2.05) is 27.2 Å². The van der Waals surface area contributed by atoms with Crippen molar-refractivity contribution < 1.29 is 32.9 Å². The summed E-state index contributed by atoms with van der Waals surface area (Å²) in [5, 5.41) is 13.8. The van der Waals surface area contributed by atoms with E-state index in [1.54, 1.807) is 6.08 Å². The molecule has 0 aromatic carbocycles. The minimum Gasteiger partial charge on any atom is -0.756 e. The second kappa shape index (κ2) is 38.5. The first-order valence-corrected chi connectivity index (χ1v) is 24.7. The van der Waals surface area contributed by atoms with Gasteiger partial charge in [0.1, 0.15) is 13.2 Å². The molecule has 3 atom stereocenters. The molecule has 2 N–H and O–H groups in total. The van der Waals surface area contributed by atoms with Gasteiger partial charge in [-0.15, -0.1) is 0 Å². The fourth-order valence-electron chi connectivity index (χ4n) is 6.68. The summed E-state index contributed by atoms with van der Waals surface area (Å²) in [4.78, 5) is 25.3. The highest BCUT2D eigenvalue weighted by Crippen LogP contribution is 2.38.